The first kappa shape index (κ1) is 24.0. The molecule has 164 valence electrons. The first-order chi connectivity index (χ1) is 14.1. The van der Waals surface area contributed by atoms with Gasteiger partial charge >= 0.3 is 0 Å². The van der Waals surface area contributed by atoms with E-state index in [1.165, 1.54) is 16.7 Å². The second-order valence-electron chi connectivity index (χ2n) is 9.12. The smallest absolute Gasteiger partial charge is 0.131 e. The Hall–Kier alpha value is -2.26. The van der Waals surface area contributed by atoms with E-state index in [1.54, 1.807) is 12.1 Å². The van der Waals surface area contributed by atoms with Crippen molar-refractivity contribution in [2.24, 2.45) is 0 Å². The van der Waals surface area contributed by atoms with Crippen molar-refractivity contribution in [1.82, 2.24) is 0 Å². The summed E-state index contributed by atoms with van der Waals surface area (Å²) >= 11 is 0. The van der Waals surface area contributed by atoms with Crippen molar-refractivity contribution in [3.63, 3.8) is 0 Å². The summed E-state index contributed by atoms with van der Waals surface area (Å²) in [4.78, 5) is 0. The van der Waals surface area contributed by atoms with Gasteiger partial charge in [0.1, 0.15) is 17.1 Å². The minimum Gasteiger partial charge on any atom is -0.508 e. The second-order valence-corrected chi connectivity index (χ2v) is 9.12. The van der Waals surface area contributed by atoms with E-state index in [0.717, 1.165) is 42.6 Å². The van der Waals surface area contributed by atoms with E-state index in [0.29, 0.717) is 6.42 Å². The molecule has 0 aromatic heterocycles. The molecule has 1 heterocycles. The molecule has 0 spiro atoms. The van der Waals surface area contributed by atoms with E-state index in [1.807, 2.05) is 19.1 Å². The van der Waals surface area contributed by atoms with Crippen LogP contribution < -0.4 is 4.74 Å². The van der Waals surface area contributed by atoms with Gasteiger partial charge in [-0.05, 0) is 97.4 Å². The number of phenols is 1. The van der Waals surface area contributed by atoms with Gasteiger partial charge in [0, 0.05) is 5.56 Å². The van der Waals surface area contributed by atoms with Crippen LogP contribution in [0.4, 0.5) is 0 Å². The number of benzene rings is 1. The summed E-state index contributed by atoms with van der Waals surface area (Å²) in [7, 11) is 0. The van der Waals surface area contributed by atoms with Crippen molar-refractivity contribution < 1.29 is 14.9 Å². The molecule has 0 amide bonds. The van der Waals surface area contributed by atoms with Crippen LogP contribution in [0, 0.1) is 6.92 Å². The van der Waals surface area contributed by atoms with Crippen LogP contribution in [-0.2, 0) is 0 Å². The molecular weight excluding hydrogens is 372 g/mol. The molecule has 1 aliphatic rings. The third-order valence-corrected chi connectivity index (χ3v) is 5.47. The predicted molar refractivity (Wildman–Crippen MR) is 127 cm³/mol. The molecule has 0 aliphatic carbocycles. The molecule has 0 saturated heterocycles. The number of ether oxygens (including phenoxy) is 1. The molecule has 2 unspecified atom stereocenters. The van der Waals surface area contributed by atoms with E-state index in [2.05, 4.69) is 52.8 Å². The van der Waals surface area contributed by atoms with Crippen LogP contribution in [0.15, 0.2) is 53.2 Å². The Morgan fingerprint density at radius 3 is 2.53 bits per heavy atom. The summed E-state index contributed by atoms with van der Waals surface area (Å²) in [6, 6.07) is 3.47. The molecule has 0 fully saturated rings. The number of fused-ring (bicyclic) bond motifs is 1. The van der Waals surface area contributed by atoms with Crippen molar-refractivity contribution in [2.75, 3.05) is 0 Å². The molecule has 2 N–H and O–H groups in total. The number of hydrogen-bond donors (Lipinski definition) is 2. The normalized spacial score (nSPS) is 19.8. The van der Waals surface area contributed by atoms with Crippen LogP contribution in [0.3, 0.4) is 0 Å². The molecule has 2 rings (SSSR count). The maximum absolute atomic E-state index is 10.4. The average Bonchev–Trinajstić information content (AvgIpc) is 2.62. The van der Waals surface area contributed by atoms with Gasteiger partial charge < -0.3 is 14.9 Å². The Morgan fingerprint density at radius 2 is 1.83 bits per heavy atom. The Balaban J connectivity index is 1.87. The van der Waals surface area contributed by atoms with Crippen molar-refractivity contribution in [1.29, 1.82) is 0 Å². The van der Waals surface area contributed by atoms with Crippen LogP contribution in [0.5, 0.6) is 11.5 Å². The summed E-state index contributed by atoms with van der Waals surface area (Å²) in [5.41, 5.74) is 5.27. The van der Waals surface area contributed by atoms with Gasteiger partial charge in [0.25, 0.3) is 0 Å². The quantitative estimate of drug-likeness (QED) is 0.429. The second kappa shape index (κ2) is 10.7. The summed E-state index contributed by atoms with van der Waals surface area (Å²) < 4.78 is 6.28. The number of aryl methyl sites for hydroxylation is 1. The van der Waals surface area contributed by atoms with Crippen LogP contribution >= 0.6 is 0 Å². The van der Waals surface area contributed by atoms with Gasteiger partial charge in [-0.1, -0.05) is 41.0 Å². The number of aliphatic hydroxyl groups is 1. The highest BCUT2D eigenvalue weighted by atomic mass is 16.5. The SMILES string of the molecule is CC(C)=CCCC(C)=CC(O)CC(C)=CCCC1(C)C=Cc2cc(O)cc(C)c2O1. The first-order valence-corrected chi connectivity index (χ1v) is 10.9. The Kier molecular flexibility index (Phi) is 8.54. The molecule has 0 radical (unpaired) electrons. The molecule has 1 aromatic carbocycles. The molecule has 1 aliphatic heterocycles. The molecule has 3 heteroatoms. The lowest BCUT2D eigenvalue weighted by molar-refractivity contribution is 0.127. The summed E-state index contributed by atoms with van der Waals surface area (Å²) in [6.07, 6.45) is 14.5. The van der Waals surface area contributed by atoms with Gasteiger partial charge in [-0.3, -0.25) is 0 Å². The Labute approximate surface area is 182 Å². The highest BCUT2D eigenvalue weighted by Gasteiger charge is 2.27. The zero-order chi connectivity index (χ0) is 22.3. The van der Waals surface area contributed by atoms with Crippen molar-refractivity contribution in [3.05, 3.63) is 64.3 Å². The van der Waals surface area contributed by atoms with Gasteiger partial charge in [-0.25, -0.2) is 0 Å². The lowest BCUT2D eigenvalue weighted by atomic mass is 9.93. The molecule has 30 heavy (non-hydrogen) atoms. The number of allylic oxidation sites excluding steroid dienone is 4. The van der Waals surface area contributed by atoms with Gasteiger partial charge in [-0.2, -0.15) is 0 Å². The molecule has 2 atom stereocenters. The fourth-order valence-corrected chi connectivity index (χ4v) is 3.79. The first-order valence-electron chi connectivity index (χ1n) is 10.9. The maximum Gasteiger partial charge on any atom is 0.131 e. The monoisotopic (exact) mass is 410 g/mol. The Morgan fingerprint density at radius 1 is 1.10 bits per heavy atom. The zero-order valence-corrected chi connectivity index (χ0v) is 19.5. The number of phenolic OH excluding ortho intramolecular Hbond substituents is 1. The zero-order valence-electron chi connectivity index (χ0n) is 19.5. The van der Waals surface area contributed by atoms with Crippen LogP contribution in [0.1, 0.15) is 77.8 Å². The average molecular weight is 411 g/mol. The predicted octanol–water partition coefficient (Wildman–Crippen LogP) is 7.04. The highest BCUT2D eigenvalue weighted by Crippen LogP contribution is 2.38. The van der Waals surface area contributed by atoms with Crippen molar-refractivity contribution >= 4 is 6.08 Å². The number of rotatable bonds is 9. The summed E-state index contributed by atoms with van der Waals surface area (Å²) in [6.45, 7) is 12.4. The largest absolute Gasteiger partial charge is 0.508 e. The number of aliphatic hydroxyl groups excluding tert-OH is 1. The highest BCUT2D eigenvalue weighted by molar-refractivity contribution is 5.65. The number of aromatic hydroxyl groups is 1. The van der Waals surface area contributed by atoms with Crippen LogP contribution in [0.2, 0.25) is 0 Å². The summed E-state index contributed by atoms with van der Waals surface area (Å²) in [5.74, 6) is 1.11. The third-order valence-electron chi connectivity index (χ3n) is 5.47. The van der Waals surface area contributed by atoms with E-state index in [4.69, 9.17) is 4.74 Å². The van der Waals surface area contributed by atoms with Gasteiger partial charge in [0.15, 0.2) is 0 Å². The van der Waals surface area contributed by atoms with Crippen molar-refractivity contribution in [3.8, 4) is 11.5 Å². The van der Waals surface area contributed by atoms with E-state index >= 15 is 0 Å². The van der Waals surface area contributed by atoms with Crippen molar-refractivity contribution in [2.45, 2.75) is 85.4 Å². The minimum absolute atomic E-state index is 0.265. The maximum atomic E-state index is 10.4. The third kappa shape index (κ3) is 7.53. The minimum atomic E-state index is -0.434. The van der Waals surface area contributed by atoms with Crippen LogP contribution in [0.25, 0.3) is 6.08 Å². The van der Waals surface area contributed by atoms with Gasteiger partial charge in [0.05, 0.1) is 6.10 Å². The lowest BCUT2D eigenvalue weighted by Gasteiger charge is -2.32. The van der Waals surface area contributed by atoms with Crippen LogP contribution in [-0.4, -0.2) is 21.9 Å². The fourth-order valence-electron chi connectivity index (χ4n) is 3.79. The molecule has 3 nitrogen and oxygen atoms in total. The standard InChI is InChI=1S/C27H38O3/c1-19(2)9-7-10-20(3)15-24(28)16-21(4)11-8-13-27(6)14-12-23-18-25(29)17-22(5)26(23)30-27/h9,11-12,14-15,17-18,24,28-29H,7-8,10,13,16H2,1-6H3. The molecule has 1 aromatic rings. The summed E-state index contributed by atoms with van der Waals surface area (Å²) in [5, 5.41) is 20.1. The van der Waals surface area contributed by atoms with Gasteiger partial charge in [0.2, 0.25) is 0 Å². The van der Waals surface area contributed by atoms with Gasteiger partial charge in [-0.15, -0.1) is 0 Å². The Bertz CT molecular complexity index is 853. The topological polar surface area (TPSA) is 49.7 Å². The number of hydrogen-bond acceptors (Lipinski definition) is 3. The molecule has 0 saturated carbocycles. The van der Waals surface area contributed by atoms with E-state index < -0.39 is 6.10 Å². The van der Waals surface area contributed by atoms with E-state index in [9.17, 15) is 10.2 Å². The lowest BCUT2D eigenvalue weighted by Crippen LogP contribution is -2.32. The fraction of sp³-hybridized carbons (Fsp3) is 0.481. The molecule has 0 bridgehead atoms. The van der Waals surface area contributed by atoms with E-state index in [-0.39, 0.29) is 11.4 Å². The molecular formula is C27H38O3.